The normalized spacial score (nSPS) is 12.6. The number of carbonyl (C=O) groups is 2. The van der Waals surface area contributed by atoms with Gasteiger partial charge >= 0.3 is 6.09 Å². The van der Waals surface area contributed by atoms with Gasteiger partial charge < -0.3 is 24.9 Å². The summed E-state index contributed by atoms with van der Waals surface area (Å²) < 4.78 is 11.6. The van der Waals surface area contributed by atoms with Gasteiger partial charge in [-0.25, -0.2) is 4.79 Å². The molecule has 0 bridgehead atoms. The Bertz CT molecular complexity index is 549. The zero-order valence-corrected chi connectivity index (χ0v) is 27.3. The highest BCUT2D eigenvalue weighted by Crippen LogP contribution is 2.19. The molecule has 0 aromatic rings. The van der Waals surface area contributed by atoms with Crippen LogP contribution in [0.4, 0.5) is 4.79 Å². The maximum atomic E-state index is 11.7. The molecule has 0 aromatic carbocycles. The molecular formula is C34H68N2O4. The van der Waals surface area contributed by atoms with Gasteiger partial charge in [-0.3, -0.25) is 0 Å². The number of hydrogen-bond acceptors (Lipinski definition) is 5. The highest BCUT2D eigenvalue weighted by Gasteiger charge is 2.15. The molecule has 238 valence electrons. The highest BCUT2D eigenvalue weighted by atomic mass is 16.6. The zero-order chi connectivity index (χ0) is 29.7. The topological polar surface area (TPSA) is 76.7 Å². The van der Waals surface area contributed by atoms with Gasteiger partial charge in [0, 0.05) is 12.5 Å². The van der Waals surface area contributed by atoms with Crippen LogP contribution >= 0.6 is 0 Å². The molecule has 0 aliphatic heterocycles. The van der Waals surface area contributed by atoms with Crippen molar-refractivity contribution >= 4 is 12.4 Å². The van der Waals surface area contributed by atoms with Crippen LogP contribution in [0.5, 0.6) is 0 Å². The van der Waals surface area contributed by atoms with Gasteiger partial charge in [0.2, 0.25) is 0 Å². The molecule has 1 unspecified atom stereocenters. The maximum Gasteiger partial charge on any atom is 0.407 e. The van der Waals surface area contributed by atoms with Gasteiger partial charge in [-0.1, -0.05) is 110 Å². The van der Waals surface area contributed by atoms with Gasteiger partial charge in [0.1, 0.15) is 11.9 Å². The Morgan fingerprint density at radius 2 is 1.18 bits per heavy atom. The van der Waals surface area contributed by atoms with Gasteiger partial charge in [-0.05, 0) is 66.0 Å². The first-order valence-corrected chi connectivity index (χ1v) is 17.1. The van der Waals surface area contributed by atoms with Crippen molar-refractivity contribution in [1.82, 2.24) is 10.6 Å². The molecule has 0 aromatic heterocycles. The Hall–Kier alpha value is -1.14. The second-order valence-corrected chi connectivity index (χ2v) is 12.7. The number of unbranched alkanes of at least 4 members (excludes halogenated alkanes) is 13. The Labute approximate surface area is 248 Å². The predicted octanol–water partition coefficient (Wildman–Crippen LogP) is 9.14. The summed E-state index contributed by atoms with van der Waals surface area (Å²) in [6, 6.07) is 0. The molecule has 0 saturated heterocycles. The van der Waals surface area contributed by atoms with Crippen molar-refractivity contribution in [2.24, 2.45) is 5.92 Å². The van der Waals surface area contributed by atoms with Gasteiger partial charge in [0.15, 0.2) is 0 Å². The van der Waals surface area contributed by atoms with Gasteiger partial charge in [0.25, 0.3) is 0 Å². The Kier molecular flexibility index (Phi) is 27.2. The molecule has 0 rings (SSSR count). The first-order valence-electron chi connectivity index (χ1n) is 17.1. The number of nitrogens with one attached hydrogen (secondary N) is 2. The van der Waals surface area contributed by atoms with E-state index in [-0.39, 0.29) is 12.0 Å². The standard InChI is InChI=1S/C34H68N2O4/c1-6-8-10-12-14-19-24-32(25-20-15-13-11-9-7-2)39-30-31(29-37)23-18-16-17-21-26-35-27-22-28-36-33(38)40-34(3,4)5/h29,31-32,35H,6-28,30H2,1-5H3,(H,36,38). The molecule has 6 heteroatoms. The lowest BCUT2D eigenvalue weighted by atomic mass is 10.0. The summed E-state index contributed by atoms with van der Waals surface area (Å²) >= 11 is 0. The second kappa shape index (κ2) is 28.0. The van der Waals surface area contributed by atoms with Gasteiger partial charge in [-0.15, -0.1) is 0 Å². The molecule has 1 atom stereocenters. The van der Waals surface area contributed by atoms with Crippen molar-refractivity contribution in [3.8, 4) is 0 Å². The number of carbonyl (C=O) groups excluding carboxylic acids is 2. The molecule has 0 aliphatic carbocycles. The number of ether oxygens (including phenoxy) is 2. The molecule has 0 heterocycles. The van der Waals surface area contributed by atoms with Crippen molar-refractivity contribution < 1.29 is 19.1 Å². The van der Waals surface area contributed by atoms with Crippen molar-refractivity contribution in [1.29, 1.82) is 0 Å². The van der Waals surface area contributed by atoms with Crippen LogP contribution in [0.1, 0.15) is 163 Å². The molecule has 1 amide bonds. The monoisotopic (exact) mass is 569 g/mol. The average molecular weight is 569 g/mol. The fourth-order valence-electron chi connectivity index (χ4n) is 4.92. The van der Waals surface area contributed by atoms with Crippen molar-refractivity contribution in [2.75, 3.05) is 26.2 Å². The van der Waals surface area contributed by atoms with E-state index in [1.165, 1.54) is 83.5 Å². The summed E-state index contributed by atoms with van der Waals surface area (Å²) in [5.41, 5.74) is -0.454. The van der Waals surface area contributed by atoms with E-state index in [0.29, 0.717) is 19.3 Å². The SMILES string of the molecule is CCCCCCCCC(CCCCCCCC)OCC(C=O)CCCCCCNCCCNC(=O)OC(C)(C)C. The Morgan fingerprint density at radius 3 is 1.73 bits per heavy atom. The first kappa shape index (κ1) is 38.9. The molecule has 40 heavy (non-hydrogen) atoms. The number of rotatable bonds is 29. The van der Waals surface area contributed by atoms with E-state index in [9.17, 15) is 9.59 Å². The summed E-state index contributed by atoms with van der Waals surface area (Å²) in [4.78, 5) is 23.3. The fourth-order valence-corrected chi connectivity index (χ4v) is 4.92. The lowest BCUT2D eigenvalue weighted by Gasteiger charge is -2.20. The molecule has 2 N–H and O–H groups in total. The van der Waals surface area contributed by atoms with Crippen LogP contribution in [0.25, 0.3) is 0 Å². The van der Waals surface area contributed by atoms with E-state index < -0.39 is 5.60 Å². The summed E-state index contributed by atoms with van der Waals surface area (Å²) in [5.74, 6) is 0.0345. The molecule has 0 fully saturated rings. The lowest BCUT2D eigenvalue weighted by molar-refractivity contribution is -0.114. The van der Waals surface area contributed by atoms with Crippen molar-refractivity contribution in [3.63, 3.8) is 0 Å². The number of alkyl carbamates (subject to hydrolysis) is 1. The Balaban J connectivity index is 3.97. The summed E-state index contributed by atoms with van der Waals surface area (Å²) in [5, 5.41) is 6.23. The van der Waals surface area contributed by atoms with E-state index in [4.69, 9.17) is 9.47 Å². The van der Waals surface area contributed by atoms with Crippen LogP contribution in [-0.2, 0) is 14.3 Å². The molecule has 0 saturated carbocycles. The van der Waals surface area contributed by atoms with Crippen LogP contribution in [-0.4, -0.2) is 50.3 Å². The third-order valence-corrected chi connectivity index (χ3v) is 7.37. The van der Waals surface area contributed by atoms with Crippen LogP contribution < -0.4 is 10.6 Å². The number of amides is 1. The van der Waals surface area contributed by atoms with E-state index in [0.717, 1.165) is 64.3 Å². The third kappa shape index (κ3) is 28.4. The minimum atomic E-state index is -0.454. The molecule has 0 spiro atoms. The first-order chi connectivity index (χ1) is 19.3. The predicted molar refractivity (Wildman–Crippen MR) is 170 cm³/mol. The summed E-state index contributed by atoms with van der Waals surface area (Å²) in [7, 11) is 0. The molecule has 6 nitrogen and oxygen atoms in total. The summed E-state index contributed by atoms with van der Waals surface area (Å²) in [6.45, 7) is 13.2. The van der Waals surface area contributed by atoms with E-state index in [1.807, 2.05) is 20.8 Å². The zero-order valence-electron chi connectivity index (χ0n) is 27.3. The van der Waals surface area contributed by atoms with Crippen LogP contribution in [0.15, 0.2) is 0 Å². The second-order valence-electron chi connectivity index (χ2n) is 12.7. The van der Waals surface area contributed by atoms with Crippen LogP contribution in [0.3, 0.4) is 0 Å². The average Bonchev–Trinajstić information content (AvgIpc) is 2.91. The van der Waals surface area contributed by atoms with Crippen LogP contribution in [0.2, 0.25) is 0 Å². The van der Waals surface area contributed by atoms with E-state index >= 15 is 0 Å². The van der Waals surface area contributed by atoms with Gasteiger partial charge in [-0.2, -0.15) is 0 Å². The van der Waals surface area contributed by atoms with Gasteiger partial charge in [0.05, 0.1) is 12.7 Å². The quantitative estimate of drug-likeness (QED) is 0.0695. The smallest absolute Gasteiger partial charge is 0.407 e. The van der Waals surface area contributed by atoms with Crippen molar-refractivity contribution in [2.45, 2.75) is 175 Å². The molecular weight excluding hydrogens is 500 g/mol. The number of aldehydes is 1. The summed E-state index contributed by atoms with van der Waals surface area (Å²) in [6.07, 6.45) is 25.6. The molecule has 0 aliphatic rings. The maximum absolute atomic E-state index is 11.7. The van der Waals surface area contributed by atoms with Crippen LogP contribution in [0, 0.1) is 5.92 Å². The van der Waals surface area contributed by atoms with E-state index in [2.05, 4.69) is 24.5 Å². The largest absolute Gasteiger partial charge is 0.444 e. The fraction of sp³-hybridized carbons (Fsp3) is 0.941. The minimum absolute atomic E-state index is 0.0345. The third-order valence-electron chi connectivity index (χ3n) is 7.37. The minimum Gasteiger partial charge on any atom is -0.444 e. The lowest BCUT2D eigenvalue weighted by Crippen LogP contribution is -2.34. The highest BCUT2D eigenvalue weighted by molar-refractivity contribution is 5.67. The van der Waals surface area contributed by atoms with E-state index in [1.54, 1.807) is 0 Å². The number of hydrogen-bond donors (Lipinski definition) is 2. The molecule has 0 radical (unpaired) electrons. The Morgan fingerprint density at radius 1 is 0.675 bits per heavy atom. The van der Waals surface area contributed by atoms with Crippen molar-refractivity contribution in [3.05, 3.63) is 0 Å².